The summed E-state index contributed by atoms with van der Waals surface area (Å²) < 4.78 is 42.4. The van der Waals surface area contributed by atoms with Gasteiger partial charge in [0, 0.05) is 6.54 Å². The van der Waals surface area contributed by atoms with Crippen LogP contribution in [0, 0.1) is 5.82 Å². The Hall–Kier alpha value is -1.54. The van der Waals surface area contributed by atoms with Gasteiger partial charge in [0.1, 0.15) is 5.82 Å². The van der Waals surface area contributed by atoms with E-state index in [0.717, 1.165) is 25.5 Å². The second-order valence-corrected chi connectivity index (χ2v) is 8.55. The molecule has 0 atom stereocenters. The van der Waals surface area contributed by atoms with Crippen LogP contribution in [-0.2, 0) is 10.2 Å². The average molecular weight is 434 g/mol. The molecule has 0 bridgehead atoms. The van der Waals surface area contributed by atoms with Gasteiger partial charge >= 0.3 is 10.2 Å². The van der Waals surface area contributed by atoms with Crippen LogP contribution < -0.4 is 8.61 Å². The molecule has 0 aliphatic carbocycles. The summed E-state index contributed by atoms with van der Waals surface area (Å²) in [5.74, 6) is -0.510. The average Bonchev–Trinajstić information content (AvgIpc) is 2.79. The van der Waals surface area contributed by atoms with Crippen LogP contribution in [0.4, 0.5) is 21.5 Å². The van der Waals surface area contributed by atoms with Crippen molar-refractivity contribution in [3.05, 3.63) is 53.3 Å². The molecule has 0 fully saturated rings. The third kappa shape index (κ3) is 4.32. The van der Waals surface area contributed by atoms with Crippen molar-refractivity contribution < 1.29 is 12.8 Å². The molecule has 0 radical (unpaired) electrons. The van der Waals surface area contributed by atoms with Gasteiger partial charge in [-0.2, -0.15) is 8.42 Å². The van der Waals surface area contributed by atoms with Gasteiger partial charge in [0.2, 0.25) is 0 Å². The molecular formula is C18H22Cl2FN3O2S. The molecular weight excluding hydrogens is 412 g/mol. The van der Waals surface area contributed by atoms with Crippen LogP contribution in [-0.4, -0.2) is 40.5 Å². The second kappa shape index (κ2) is 8.65. The largest absolute Gasteiger partial charge is 0.331 e. The van der Waals surface area contributed by atoms with E-state index in [4.69, 9.17) is 11.6 Å². The minimum absolute atomic E-state index is 0. The third-order valence-corrected chi connectivity index (χ3v) is 6.32. The number of halogens is 3. The molecule has 0 saturated heterocycles. The zero-order chi connectivity index (χ0) is 18.9. The summed E-state index contributed by atoms with van der Waals surface area (Å²) in [6, 6.07) is 10.8. The number of fused-ring (bicyclic) bond motifs is 1. The Labute approximate surface area is 170 Å². The normalized spacial score (nSPS) is 15.0. The molecule has 0 N–H and O–H groups in total. The number of anilines is 3. The lowest BCUT2D eigenvalue weighted by atomic mass is 10.2. The van der Waals surface area contributed by atoms with Gasteiger partial charge in [0.25, 0.3) is 0 Å². The van der Waals surface area contributed by atoms with Crippen molar-refractivity contribution in [1.82, 2.24) is 4.90 Å². The fourth-order valence-corrected chi connectivity index (χ4v) is 5.09. The van der Waals surface area contributed by atoms with Crippen molar-refractivity contribution in [2.45, 2.75) is 12.8 Å². The Morgan fingerprint density at radius 3 is 2.33 bits per heavy atom. The fourth-order valence-electron chi connectivity index (χ4n) is 3.01. The Balaban J connectivity index is 0.00000261. The first-order valence-electron chi connectivity index (χ1n) is 8.34. The van der Waals surface area contributed by atoms with E-state index in [0.29, 0.717) is 17.9 Å². The van der Waals surface area contributed by atoms with Crippen LogP contribution in [0.2, 0.25) is 5.02 Å². The zero-order valence-corrected chi connectivity index (χ0v) is 17.5. The van der Waals surface area contributed by atoms with Gasteiger partial charge in [-0.25, -0.2) is 8.70 Å². The first kappa shape index (κ1) is 21.8. The lowest BCUT2D eigenvalue weighted by molar-refractivity contribution is 0.396. The number of para-hydroxylation sites is 2. The molecule has 1 aliphatic heterocycles. The number of nitrogens with zero attached hydrogens (tertiary/aromatic N) is 3. The molecule has 0 saturated carbocycles. The highest BCUT2D eigenvalue weighted by atomic mass is 35.5. The van der Waals surface area contributed by atoms with E-state index >= 15 is 0 Å². The second-order valence-electron chi connectivity index (χ2n) is 6.44. The van der Waals surface area contributed by atoms with Crippen molar-refractivity contribution in [3.63, 3.8) is 0 Å². The molecule has 148 valence electrons. The van der Waals surface area contributed by atoms with Crippen LogP contribution in [0.25, 0.3) is 0 Å². The topological polar surface area (TPSA) is 43.9 Å². The molecule has 1 aliphatic rings. The molecule has 27 heavy (non-hydrogen) atoms. The molecule has 2 aromatic carbocycles. The van der Waals surface area contributed by atoms with Crippen molar-refractivity contribution >= 4 is 51.3 Å². The van der Waals surface area contributed by atoms with Crippen LogP contribution in [0.1, 0.15) is 12.8 Å². The van der Waals surface area contributed by atoms with Crippen molar-refractivity contribution in [3.8, 4) is 0 Å². The minimum Gasteiger partial charge on any atom is -0.309 e. The molecule has 0 amide bonds. The fraction of sp³-hybridized carbons (Fsp3) is 0.333. The van der Waals surface area contributed by atoms with E-state index in [1.165, 1.54) is 20.7 Å². The van der Waals surface area contributed by atoms with Gasteiger partial charge in [-0.3, -0.25) is 4.31 Å². The molecule has 9 heteroatoms. The standard InChI is InChI=1S/C18H21ClFN3O2S.ClH/c1-21(2)11-5-6-12-22-17-7-3-4-8-18(17)23(26(22,24)25)16-10-9-14(20)13-15(16)19;/h3-4,7-10,13H,5-6,11-12H2,1-2H3;1H. The predicted octanol–water partition coefficient (Wildman–Crippen LogP) is 4.45. The van der Waals surface area contributed by atoms with E-state index in [1.54, 1.807) is 24.3 Å². The lowest BCUT2D eigenvalue weighted by Gasteiger charge is -2.22. The molecule has 5 nitrogen and oxygen atoms in total. The smallest absolute Gasteiger partial charge is 0.309 e. The van der Waals surface area contributed by atoms with E-state index < -0.39 is 16.0 Å². The van der Waals surface area contributed by atoms with Crippen LogP contribution >= 0.6 is 24.0 Å². The summed E-state index contributed by atoms with van der Waals surface area (Å²) in [7, 11) is 0.143. The monoisotopic (exact) mass is 433 g/mol. The van der Waals surface area contributed by atoms with Crippen LogP contribution in [0.15, 0.2) is 42.5 Å². The van der Waals surface area contributed by atoms with Crippen molar-refractivity contribution in [1.29, 1.82) is 0 Å². The number of benzene rings is 2. The van der Waals surface area contributed by atoms with E-state index in [-0.39, 0.29) is 23.1 Å². The lowest BCUT2D eigenvalue weighted by Crippen LogP contribution is -2.36. The third-order valence-electron chi connectivity index (χ3n) is 4.22. The van der Waals surface area contributed by atoms with Gasteiger partial charge in [-0.15, -0.1) is 12.4 Å². The maximum absolute atomic E-state index is 13.4. The maximum atomic E-state index is 13.4. The Kier molecular flexibility index (Phi) is 6.97. The summed E-state index contributed by atoms with van der Waals surface area (Å²) in [5, 5.41) is 0.0536. The highest BCUT2D eigenvalue weighted by molar-refractivity contribution is 7.95. The zero-order valence-electron chi connectivity index (χ0n) is 15.1. The molecule has 1 heterocycles. The summed E-state index contributed by atoms with van der Waals surface area (Å²) in [6.45, 7) is 1.27. The van der Waals surface area contributed by atoms with Gasteiger partial charge in [0.05, 0.1) is 22.1 Å². The van der Waals surface area contributed by atoms with Crippen LogP contribution in [0.3, 0.4) is 0 Å². The SMILES string of the molecule is CN(C)CCCCN1c2ccccc2N(c2ccc(F)cc2Cl)S1(=O)=O.Cl. The number of rotatable bonds is 6. The summed E-state index contributed by atoms with van der Waals surface area (Å²) in [6.07, 6.45) is 1.62. The Morgan fingerprint density at radius 2 is 1.70 bits per heavy atom. The first-order valence-corrected chi connectivity index (χ1v) is 10.1. The summed E-state index contributed by atoms with van der Waals surface area (Å²) >= 11 is 6.14. The van der Waals surface area contributed by atoms with Gasteiger partial charge in [-0.05, 0) is 63.8 Å². The molecule has 3 rings (SSSR count). The molecule has 0 unspecified atom stereocenters. The highest BCUT2D eigenvalue weighted by Gasteiger charge is 2.41. The number of hydrogen-bond acceptors (Lipinski definition) is 3. The maximum Gasteiger partial charge on any atom is 0.331 e. The molecule has 2 aromatic rings. The van der Waals surface area contributed by atoms with E-state index in [1.807, 2.05) is 14.1 Å². The Morgan fingerprint density at radius 1 is 1.04 bits per heavy atom. The number of hydrogen-bond donors (Lipinski definition) is 0. The Bertz CT molecular complexity index is 909. The minimum atomic E-state index is -3.83. The van der Waals surface area contributed by atoms with Crippen LogP contribution in [0.5, 0.6) is 0 Å². The van der Waals surface area contributed by atoms with Gasteiger partial charge in [0.15, 0.2) is 0 Å². The molecule has 0 spiro atoms. The van der Waals surface area contributed by atoms with E-state index in [2.05, 4.69) is 4.90 Å². The predicted molar refractivity (Wildman–Crippen MR) is 111 cm³/mol. The van der Waals surface area contributed by atoms with Gasteiger partial charge in [-0.1, -0.05) is 23.7 Å². The summed E-state index contributed by atoms with van der Waals surface area (Å²) in [5.41, 5.74) is 1.38. The number of unbranched alkanes of at least 4 members (excludes halogenated alkanes) is 1. The quantitative estimate of drug-likeness (QED) is 0.632. The van der Waals surface area contributed by atoms with Crippen molar-refractivity contribution in [2.24, 2.45) is 0 Å². The van der Waals surface area contributed by atoms with Gasteiger partial charge < -0.3 is 4.90 Å². The highest BCUT2D eigenvalue weighted by Crippen LogP contribution is 2.47. The van der Waals surface area contributed by atoms with E-state index in [9.17, 15) is 12.8 Å². The van der Waals surface area contributed by atoms with Crippen molar-refractivity contribution in [2.75, 3.05) is 35.8 Å². The first-order chi connectivity index (χ1) is 12.3. The summed E-state index contributed by atoms with van der Waals surface area (Å²) in [4.78, 5) is 2.07. The molecule has 0 aromatic heterocycles.